The first-order chi connectivity index (χ1) is 11.1. The van der Waals surface area contributed by atoms with Gasteiger partial charge in [-0.2, -0.15) is 0 Å². The summed E-state index contributed by atoms with van der Waals surface area (Å²) in [7, 11) is 1.24. The Kier molecular flexibility index (Phi) is 6.46. The molecule has 0 heterocycles. The van der Waals surface area contributed by atoms with Crippen molar-refractivity contribution in [3.05, 3.63) is 40.0 Å². The highest BCUT2D eigenvalue weighted by Crippen LogP contribution is 2.26. The molecule has 0 aliphatic rings. The van der Waals surface area contributed by atoms with Gasteiger partial charge in [0.2, 0.25) is 5.91 Å². The first-order valence-corrected chi connectivity index (χ1v) is 7.22. The fraction of sp³-hybridized carbons (Fsp3) is 0.375. The van der Waals surface area contributed by atoms with E-state index in [0.717, 1.165) is 0 Å². The van der Waals surface area contributed by atoms with Gasteiger partial charge >= 0.3 is 5.97 Å². The minimum Gasteiger partial charge on any atom is -0.466 e. The third-order valence-corrected chi connectivity index (χ3v) is 2.79. The Labute approximate surface area is 140 Å². The predicted molar refractivity (Wildman–Crippen MR) is 90.5 cm³/mol. The van der Waals surface area contributed by atoms with Gasteiger partial charge in [0.05, 0.1) is 18.6 Å². The van der Waals surface area contributed by atoms with Crippen LogP contribution in [0.5, 0.6) is 0 Å². The number of carbonyl (C=O) groups is 2. The van der Waals surface area contributed by atoms with Crippen LogP contribution in [-0.4, -0.2) is 36.0 Å². The van der Waals surface area contributed by atoms with Crippen LogP contribution in [0.25, 0.3) is 6.08 Å². The minimum atomic E-state index is -0.557. The molecular formula is C16H21N3O5. The monoisotopic (exact) mass is 335 g/mol. The molecule has 8 nitrogen and oxygen atoms in total. The molecule has 24 heavy (non-hydrogen) atoms. The average Bonchev–Trinajstić information content (AvgIpc) is 2.49. The van der Waals surface area contributed by atoms with Crippen LogP contribution in [-0.2, 0) is 14.3 Å². The van der Waals surface area contributed by atoms with Crippen molar-refractivity contribution >= 4 is 29.3 Å². The Morgan fingerprint density at radius 1 is 1.33 bits per heavy atom. The summed E-state index contributed by atoms with van der Waals surface area (Å²) in [6, 6.07) is 4.39. The summed E-state index contributed by atoms with van der Waals surface area (Å²) in [4.78, 5) is 33.5. The number of hydrogen-bond donors (Lipinski definition) is 2. The number of hydrogen-bond acceptors (Lipinski definition) is 6. The Morgan fingerprint density at radius 3 is 2.54 bits per heavy atom. The zero-order valence-corrected chi connectivity index (χ0v) is 14.1. The number of nitro benzene ring substituents is 1. The second-order valence-corrected chi connectivity index (χ2v) is 6.04. The number of nitrogens with one attached hydrogen (secondary N) is 2. The molecule has 0 aliphatic carbocycles. The number of amides is 1. The number of carbonyl (C=O) groups excluding carboxylic acids is 2. The summed E-state index contributed by atoms with van der Waals surface area (Å²) < 4.78 is 4.46. The summed E-state index contributed by atoms with van der Waals surface area (Å²) in [5, 5.41) is 16.7. The lowest BCUT2D eigenvalue weighted by atomic mass is 10.1. The zero-order valence-electron chi connectivity index (χ0n) is 14.1. The van der Waals surface area contributed by atoms with Crippen LogP contribution in [0.2, 0.25) is 0 Å². The van der Waals surface area contributed by atoms with Gasteiger partial charge in [0.15, 0.2) is 0 Å². The highest BCUT2D eigenvalue weighted by Gasteiger charge is 2.17. The molecule has 1 amide bonds. The van der Waals surface area contributed by atoms with Crippen LogP contribution in [0, 0.1) is 10.1 Å². The van der Waals surface area contributed by atoms with Crippen molar-refractivity contribution in [2.45, 2.75) is 26.3 Å². The van der Waals surface area contributed by atoms with E-state index in [1.807, 2.05) is 20.8 Å². The lowest BCUT2D eigenvalue weighted by Crippen LogP contribution is -2.43. The number of rotatable bonds is 6. The highest BCUT2D eigenvalue weighted by molar-refractivity contribution is 5.87. The number of benzene rings is 1. The highest BCUT2D eigenvalue weighted by atomic mass is 16.6. The van der Waals surface area contributed by atoms with E-state index in [0.29, 0.717) is 5.56 Å². The van der Waals surface area contributed by atoms with Gasteiger partial charge in [-0.25, -0.2) is 4.79 Å². The van der Waals surface area contributed by atoms with E-state index in [1.165, 1.54) is 31.4 Å². The van der Waals surface area contributed by atoms with E-state index >= 15 is 0 Å². The topological polar surface area (TPSA) is 111 Å². The van der Waals surface area contributed by atoms with Crippen LogP contribution in [0.3, 0.4) is 0 Å². The molecule has 2 N–H and O–H groups in total. The van der Waals surface area contributed by atoms with Crippen molar-refractivity contribution in [2.75, 3.05) is 19.0 Å². The number of anilines is 1. The Morgan fingerprint density at radius 2 is 2.00 bits per heavy atom. The van der Waals surface area contributed by atoms with Gasteiger partial charge < -0.3 is 15.4 Å². The smallest absolute Gasteiger partial charge is 0.330 e. The first kappa shape index (κ1) is 19.1. The van der Waals surface area contributed by atoms with Crippen LogP contribution >= 0.6 is 0 Å². The largest absolute Gasteiger partial charge is 0.466 e. The second kappa shape index (κ2) is 8.09. The third-order valence-electron chi connectivity index (χ3n) is 2.79. The lowest BCUT2D eigenvalue weighted by Gasteiger charge is -2.20. The molecule has 1 rings (SSSR count). The van der Waals surface area contributed by atoms with Gasteiger partial charge in [-0.1, -0.05) is 6.07 Å². The van der Waals surface area contributed by atoms with Gasteiger partial charge in [0.1, 0.15) is 5.69 Å². The molecule has 0 unspecified atom stereocenters. The number of esters is 1. The molecule has 0 atom stereocenters. The summed E-state index contributed by atoms with van der Waals surface area (Å²) in [5.41, 5.74) is 0.120. The van der Waals surface area contributed by atoms with Gasteiger partial charge in [0.25, 0.3) is 5.69 Å². The van der Waals surface area contributed by atoms with E-state index in [2.05, 4.69) is 15.4 Å². The summed E-state index contributed by atoms with van der Waals surface area (Å²) in [6.45, 7) is 5.44. The molecule has 0 saturated heterocycles. The summed E-state index contributed by atoms with van der Waals surface area (Å²) in [5.74, 6) is -0.829. The van der Waals surface area contributed by atoms with E-state index in [4.69, 9.17) is 0 Å². The average molecular weight is 335 g/mol. The van der Waals surface area contributed by atoms with Crippen LogP contribution in [0.1, 0.15) is 26.3 Å². The zero-order chi connectivity index (χ0) is 18.3. The van der Waals surface area contributed by atoms with Crippen molar-refractivity contribution in [1.82, 2.24) is 5.32 Å². The lowest BCUT2D eigenvalue weighted by molar-refractivity contribution is -0.384. The molecule has 1 aromatic rings. The summed E-state index contributed by atoms with van der Waals surface area (Å²) in [6.07, 6.45) is 2.58. The number of nitro groups is 1. The Bertz CT molecular complexity index is 662. The molecule has 0 spiro atoms. The second-order valence-electron chi connectivity index (χ2n) is 6.04. The predicted octanol–water partition coefficient (Wildman–Crippen LogP) is 2.11. The minimum absolute atomic E-state index is 0.0878. The molecule has 0 aromatic heterocycles. The van der Waals surface area contributed by atoms with Gasteiger partial charge in [0, 0.05) is 17.7 Å². The normalized spacial score (nSPS) is 11.2. The molecule has 0 aliphatic heterocycles. The molecular weight excluding hydrogens is 314 g/mol. The molecule has 0 saturated carbocycles. The molecule has 0 radical (unpaired) electrons. The van der Waals surface area contributed by atoms with Gasteiger partial charge in [-0.05, 0) is 38.5 Å². The maximum absolute atomic E-state index is 11.8. The quantitative estimate of drug-likeness (QED) is 0.356. The summed E-state index contributed by atoms with van der Waals surface area (Å²) >= 11 is 0. The number of nitrogens with zero attached hydrogens (tertiary/aromatic N) is 1. The molecule has 8 heteroatoms. The van der Waals surface area contributed by atoms with Crippen LogP contribution in [0.15, 0.2) is 24.3 Å². The SMILES string of the molecule is COC(=O)/C=C/c1ccc(NCC(=O)NC(C)(C)C)c([N+](=O)[O-])c1. The van der Waals surface area contributed by atoms with Crippen molar-refractivity contribution in [2.24, 2.45) is 0 Å². The van der Waals surface area contributed by atoms with Crippen molar-refractivity contribution < 1.29 is 19.2 Å². The van der Waals surface area contributed by atoms with Crippen molar-refractivity contribution in [3.8, 4) is 0 Å². The molecule has 130 valence electrons. The molecule has 1 aromatic carbocycles. The maximum atomic E-state index is 11.8. The van der Waals surface area contributed by atoms with Crippen molar-refractivity contribution in [3.63, 3.8) is 0 Å². The number of ether oxygens (including phenoxy) is 1. The molecule has 0 bridgehead atoms. The third kappa shape index (κ3) is 6.47. The van der Waals surface area contributed by atoms with Crippen LogP contribution < -0.4 is 10.6 Å². The van der Waals surface area contributed by atoms with Gasteiger partial charge in [-0.3, -0.25) is 14.9 Å². The van der Waals surface area contributed by atoms with E-state index in [9.17, 15) is 19.7 Å². The Balaban J connectivity index is 2.88. The van der Waals surface area contributed by atoms with E-state index < -0.39 is 10.9 Å². The maximum Gasteiger partial charge on any atom is 0.330 e. The van der Waals surface area contributed by atoms with Crippen molar-refractivity contribution in [1.29, 1.82) is 0 Å². The fourth-order valence-corrected chi connectivity index (χ4v) is 1.82. The van der Waals surface area contributed by atoms with Crippen LogP contribution in [0.4, 0.5) is 11.4 Å². The van der Waals surface area contributed by atoms with E-state index in [1.54, 1.807) is 6.07 Å². The standard InChI is InChI=1S/C16H21N3O5/c1-16(2,3)18-14(20)10-17-12-7-5-11(6-8-15(21)24-4)9-13(12)19(22)23/h5-9,17H,10H2,1-4H3,(H,18,20)/b8-6+. The Hall–Kier alpha value is -2.90. The van der Waals surface area contributed by atoms with E-state index in [-0.39, 0.29) is 29.4 Å². The first-order valence-electron chi connectivity index (χ1n) is 7.22. The molecule has 0 fully saturated rings. The fourth-order valence-electron chi connectivity index (χ4n) is 1.82. The number of methoxy groups -OCH3 is 1. The van der Waals surface area contributed by atoms with Gasteiger partial charge in [-0.15, -0.1) is 0 Å².